The van der Waals surface area contributed by atoms with E-state index in [4.69, 9.17) is 9.47 Å². The Kier molecular flexibility index (Phi) is 6.43. The van der Waals surface area contributed by atoms with Crippen LogP contribution in [0.5, 0.6) is 5.75 Å². The van der Waals surface area contributed by atoms with E-state index in [2.05, 4.69) is 26.1 Å². The van der Waals surface area contributed by atoms with Gasteiger partial charge < -0.3 is 14.8 Å². The van der Waals surface area contributed by atoms with Crippen molar-refractivity contribution in [3.8, 4) is 5.75 Å². The molecule has 3 nitrogen and oxygen atoms in total. The van der Waals surface area contributed by atoms with Gasteiger partial charge in [-0.15, -0.1) is 0 Å². The molecule has 0 saturated carbocycles. The number of benzene rings is 1. The Morgan fingerprint density at radius 2 is 1.90 bits per heavy atom. The van der Waals surface area contributed by atoms with Gasteiger partial charge in [0.2, 0.25) is 0 Å². The minimum Gasteiger partial charge on any atom is -0.488 e. The van der Waals surface area contributed by atoms with Crippen molar-refractivity contribution in [1.29, 1.82) is 0 Å². The molecule has 1 aromatic rings. The Balaban J connectivity index is 2.63. The maximum absolute atomic E-state index is 13.9. The average molecular weight is 283 g/mol. The highest BCUT2D eigenvalue weighted by molar-refractivity contribution is 5.35. The molecule has 0 amide bonds. The van der Waals surface area contributed by atoms with Crippen molar-refractivity contribution in [3.63, 3.8) is 0 Å². The molecule has 0 spiro atoms. The SMILES string of the molecule is CC(C)OCCOc1c(F)cccc1CNC(C)(C)C. The molecule has 0 fully saturated rings. The summed E-state index contributed by atoms with van der Waals surface area (Å²) in [7, 11) is 0. The van der Waals surface area contributed by atoms with Crippen molar-refractivity contribution in [3.05, 3.63) is 29.6 Å². The van der Waals surface area contributed by atoms with Crippen LogP contribution in [-0.2, 0) is 11.3 Å². The number of nitrogens with one attached hydrogen (secondary N) is 1. The normalized spacial score (nSPS) is 11.9. The van der Waals surface area contributed by atoms with E-state index in [0.717, 1.165) is 5.56 Å². The summed E-state index contributed by atoms with van der Waals surface area (Å²) in [5, 5.41) is 3.34. The molecule has 0 bridgehead atoms. The van der Waals surface area contributed by atoms with Crippen LogP contribution in [0.2, 0.25) is 0 Å². The Morgan fingerprint density at radius 3 is 2.50 bits per heavy atom. The van der Waals surface area contributed by atoms with Gasteiger partial charge in [-0.25, -0.2) is 4.39 Å². The summed E-state index contributed by atoms with van der Waals surface area (Å²) in [5.74, 6) is -0.0145. The standard InChI is InChI=1S/C16H26FNO2/c1-12(2)19-9-10-20-15-13(7-6-8-14(15)17)11-18-16(3,4)5/h6-8,12,18H,9-11H2,1-5H3. The van der Waals surface area contributed by atoms with Crippen molar-refractivity contribution >= 4 is 0 Å². The smallest absolute Gasteiger partial charge is 0.165 e. The zero-order chi connectivity index (χ0) is 15.2. The minimum atomic E-state index is -0.331. The molecule has 0 aliphatic carbocycles. The number of hydrogen-bond acceptors (Lipinski definition) is 3. The third-order valence-electron chi connectivity index (χ3n) is 2.64. The molecule has 1 rings (SSSR count). The molecule has 1 aromatic carbocycles. The van der Waals surface area contributed by atoms with Crippen LogP contribution in [0.15, 0.2) is 18.2 Å². The van der Waals surface area contributed by atoms with Crippen LogP contribution in [0, 0.1) is 5.82 Å². The predicted octanol–water partition coefficient (Wildman–Crippen LogP) is 3.52. The Hall–Kier alpha value is -1.13. The van der Waals surface area contributed by atoms with Gasteiger partial charge in [0.1, 0.15) is 6.61 Å². The van der Waals surface area contributed by atoms with Crippen LogP contribution in [0.4, 0.5) is 4.39 Å². The van der Waals surface area contributed by atoms with Crippen molar-refractivity contribution in [2.45, 2.75) is 52.8 Å². The van der Waals surface area contributed by atoms with Crippen molar-refractivity contribution < 1.29 is 13.9 Å². The van der Waals surface area contributed by atoms with E-state index in [-0.39, 0.29) is 17.5 Å². The Labute approximate surface area is 121 Å². The van der Waals surface area contributed by atoms with E-state index >= 15 is 0 Å². The van der Waals surface area contributed by atoms with E-state index in [1.54, 1.807) is 6.07 Å². The fourth-order valence-corrected chi connectivity index (χ4v) is 1.64. The van der Waals surface area contributed by atoms with Crippen LogP contribution in [0.1, 0.15) is 40.2 Å². The second-order valence-corrected chi connectivity index (χ2v) is 6.10. The van der Waals surface area contributed by atoms with Crippen molar-refractivity contribution in [1.82, 2.24) is 5.32 Å². The Bertz CT molecular complexity index is 413. The van der Waals surface area contributed by atoms with Crippen LogP contribution in [0.3, 0.4) is 0 Å². The van der Waals surface area contributed by atoms with E-state index in [1.807, 2.05) is 19.9 Å². The minimum absolute atomic E-state index is 0.0235. The highest BCUT2D eigenvalue weighted by Crippen LogP contribution is 2.23. The lowest BCUT2D eigenvalue weighted by molar-refractivity contribution is 0.0541. The van der Waals surface area contributed by atoms with Gasteiger partial charge in [0.15, 0.2) is 11.6 Å². The molecule has 0 atom stereocenters. The summed E-state index contributed by atoms with van der Waals surface area (Å²) in [6, 6.07) is 4.99. The molecule has 0 aliphatic rings. The molecule has 0 saturated heterocycles. The molecule has 114 valence electrons. The van der Waals surface area contributed by atoms with Crippen LogP contribution in [0.25, 0.3) is 0 Å². The maximum Gasteiger partial charge on any atom is 0.165 e. The second-order valence-electron chi connectivity index (χ2n) is 6.10. The zero-order valence-electron chi connectivity index (χ0n) is 13.1. The van der Waals surface area contributed by atoms with Gasteiger partial charge in [0.05, 0.1) is 12.7 Å². The summed E-state index contributed by atoms with van der Waals surface area (Å²) in [5.41, 5.74) is 0.800. The van der Waals surface area contributed by atoms with E-state index in [9.17, 15) is 4.39 Å². The molecule has 20 heavy (non-hydrogen) atoms. The molecule has 0 radical (unpaired) electrons. The first-order valence-electron chi connectivity index (χ1n) is 7.06. The number of hydrogen-bond donors (Lipinski definition) is 1. The fraction of sp³-hybridized carbons (Fsp3) is 0.625. The maximum atomic E-state index is 13.9. The third-order valence-corrected chi connectivity index (χ3v) is 2.64. The lowest BCUT2D eigenvalue weighted by atomic mass is 10.1. The van der Waals surface area contributed by atoms with Gasteiger partial charge in [-0.3, -0.25) is 0 Å². The number of halogens is 1. The first-order valence-corrected chi connectivity index (χ1v) is 7.06. The molecule has 4 heteroatoms. The third kappa shape index (κ3) is 6.35. The first-order chi connectivity index (χ1) is 9.29. The highest BCUT2D eigenvalue weighted by Gasteiger charge is 2.13. The second kappa shape index (κ2) is 7.60. The average Bonchev–Trinajstić information content (AvgIpc) is 2.32. The lowest BCUT2D eigenvalue weighted by Crippen LogP contribution is -2.35. The largest absolute Gasteiger partial charge is 0.488 e. The van der Waals surface area contributed by atoms with E-state index < -0.39 is 0 Å². The van der Waals surface area contributed by atoms with E-state index in [0.29, 0.717) is 25.5 Å². The van der Waals surface area contributed by atoms with Gasteiger partial charge in [-0.1, -0.05) is 12.1 Å². The van der Waals surface area contributed by atoms with Gasteiger partial charge in [-0.05, 0) is 40.7 Å². The van der Waals surface area contributed by atoms with E-state index in [1.165, 1.54) is 6.07 Å². The summed E-state index contributed by atoms with van der Waals surface area (Å²) < 4.78 is 24.8. The molecule has 0 aromatic heterocycles. The predicted molar refractivity (Wildman–Crippen MR) is 79.6 cm³/mol. The molecule has 0 aliphatic heterocycles. The van der Waals surface area contributed by atoms with Crippen LogP contribution < -0.4 is 10.1 Å². The van der Waals surface area contributed by atoms with Crippen molar-refractivity contribution in [2.24, 2.45) is 0 Å². The number of rotatable bonds is 7. The lowest BCUT2D eigenvalue weighted by Gasteiger charge is -2.22. The summed E-state index contributed by atoms with van der Waals surface area (Å²) in [6.07, 6.45) is 0.154. The molecule has 0 unspecified atom stereocenters. The highest BCUT2D eigenvalue weighted by atomic mass is 19.1. The summed E-state index contributed by atoms with van der Waals surface area (Å²) in [4.78, 5) is 0. The number of ether oxygens (including phenoxy) is 2. The molecule has 0 heterocycles. The van der Waals surface area contributed by atoms with Gasteiger partial charge in [-0.2, -0.15) is 0 Å². The quantitative estimate of drug-likeness (QED) is 0.777. The summed E-state index contributed by atoms with van der Waals surface area (Å²) in [6.45, 7) is 11.5. The zero-order valence-corrected chi connectivity index (χ0v) is 13.1. The van der Waals surface area contributed by atoms with Crippen molar-refractivity contribution in [2.75, 3.05) is 13.2 Å². The fourth-order valence-electron chi connectivity index (χ4n) is 1.64. The van der Waals surface area contributed by atoms with Gasteiger partial charge in [0.25, 0.3) is 0 Å². The van der Waals surface area contributed by atoms with Gasteiger partial charge >= 0.3 is 0 Å². The molecular weight excluding hydrogens is 257 g/mol. The number of para-hydroxylation sites is 1. The van der Waals surface area contributed by atoms with Gasteiger partial charge in [0, 0.05) is 17.6 Å². The molecular formula is C16H26FNO2. The first kappa shape index (κ1) is 16.9. The van der Waals surface area contributed by atoms with Crippen LogP contribution in [-0.4, -0.2) is 24.9 Å². The topological polar surface area (TPSA) is 30.5 Å². The monoisotopic (exact) mass is 283 g/mol. The van der Waals surface area contributed by atoms with Crippen LogP contribution >= 0.6 is 0 Å². The summed E-state index contributed by atoms with van der Waals surface area (Å²) >= 11 is 0. The Morgan fingerprint density at radius 1 is 1.20 bits per heavy atom. The molecule has 1 N–H and O–H groups in total.